The first-order valence-electron chi connectivity index (χ1n) is 5.84. The third-order valence-electron chi connectivity index (χ3n) is 2.80. The number of aromatic amines is 1. The van der Waals surface area contributed by atoms with E-state index in [0.717, 1.165) is 17.6 Å². The van der Waals surface area contributed by atoms with E-state index in [-0.39, 0.29) is 11.5 Å². The Morgan fingerprint density at radius 3 is 2.70 bits per heavy atom. The van der Waals surface area contributed by atoms with Crippen molar-refractivity contribution in [2.45, 2.75) is 0 Å². The summed E-state index contributed by atoms with van der Waals surface area (Å²) in [5.74, 6) is -2.14. The highest BCUT2D eigenvalue weighted by Gasteiger charge is 2.14. The van der Waals surface area contributed by atoms with Gasteiger partial charge in [0.15, 0.2) is 0 Å². The Labute approximate surface area is 112 Å². The van der Waals surface area contributed by atoms with Crippen molar-refractivity contribution in [3.63, 3.8) is 0 Å². The lowest BCUT2D eigenvalue weighted by Gasteiger charge is -2.03. The molecular weight excluding hydrogens is 264 g/mol. The van der Waals surface area contributed by atoms with E-state index in [2.05, 4.69) is 15.3 Å². The molecule has 0 bridgehead atoms. The van der Waals surface area contributed by atoms with Crippen LogP contribution in [0.15, 0.2) is 42.5 Å². The van der Waals surface area contributed by atoms with E-state index in [1.807, 2.05) is 12.1 Å². The number of halogens is 2. The molecule has 6 heteroatoms. The lowest BCUT2D eigenvalue weighted by molar-refractivity contribution is 0.102. The fraction of sp³-hybridized carbons (Fsp3) is 0. The topological polar surface area (TPSA) is 57.8 Å². The summed E-state index contributed by atoms with van der Waals surface area (Å²) in [6, 6.07) is 9.99. The summed E-state index contributed by atoms with van der Waals surface area (Å²) in [7, 11) is 0. The van der Waals surface area contributed by atoms with Crippen molar-refractivity contribution in [3.8, 4) is 0 Å². The van der Waals surface area contributed by atoms with Gasteiger partial charge in [0.1, 0.15) is 11.6 Å². The molecule has 0 unspecified atom stereocenters. The monoisotopic (exact) mass is 273 g/mol. The molecule has 20 heavy (non-hydrogen) atoms. The number of hydrogen-bond donors (Lipinski definition) is 2. The molecule has 0 aliphatic rings. The highest BCUT2D eigenvalue weighted by molar-refractivity contribution is 6.04. The smallest absolute Gasteiger partial charge is 0.260 e. The molecule has 1 amide bonds. The zero-order chi connectivity index (χ0) is 14.1. The average Bonchev–Trinajstić information content (AvgIpc) is 2.80. The molecular formula is C14H9F2N3O. The summed E-state index contributed by atoms with van der Waals surface area (Å²) >= 11 is 0. The van der Waals surface area contributed by atoms with Crippen LogP contribution in [0.3, 0.4) is 0 Å². The van der Waals surface area contributed by atoms with Gasteiger partial charge in [-0.05, 0) is 24.3 Å². The number of carbonyl (C=O) groups is 1. The number of benzene rings is 2. The molecule has 0 saturated heterocycles. The molecule has 1 aromatic heterocycles. The Morgan fingerprint density at radius 1 is 1.15 bits per heavy atom. The number of carbonyl (C=O) groups excluding carboxylic acids is 1. The third-order valence-corrected chi connectivity index (χ3v) is 2.80. The van der Waals surface area contributed by atoms with Gasteiger partial charge in [-0.3, -0.25) is 10.1 Å². The minimum Gasteiger partial charge on any atom is -0.324 e. The number of nitrogens with zero attached hydrogens (tertiary/aromatic N) is 1. The van der Waals surface area contributed by atoms with Crippen molar-refractivity contribution in [1.82, 2.24) is 9.97 Å². The van der Waals surface area contributed by atoms with Crippen LogP contribution in [0, 0.1) is 11.6 Å². The molecule has 0 aliphatic heterocycles. The van der Waals surface area contributed by atoms with E-state index in [0.29, 0.717) is 11.6 Å². The summed E-state index contributed by atoms with van der Waals surface area (Å²) in [5, 5.41) is 2.44. The van der Waals surface area contributed by atoms with Crippen molar-refractivity contribution < 1.29 is 13.6 Å². The van der Waals surface area contributed by atoms with Crippen molar-refractivity contribution in [3.05, 3.63) is 59.7 Å². The maximum Gasteiger partial charge on any atom is 0.260 e. The molecule has 3 rings (SSSR count). The van der Waals surface area contributed by atoms with Gasteiger partial charge in [0.25, 0.3) is 5.91 Å². The van der Waals surface area contributed by atoms with Crippen molar-refractivity contribution in [2.24, 2.45) is 0 Å². The number of imidazole rings is 1. The third kappa shape index (κ3) is 2.23. The van der Waals surface area contributed by atoms with Gasteiger partial charge in [-0.15, -0.1) is 0 Å². The van der Waals surface area contributed by atoms with Gasteiger partial charge in [-0.25, -0.2) is 13.8 Å². The second-order valence-corrected chi connectivity index (χ2v) is 4.18. The molecule has 0 saturated carbocycles. The lowest BCUT2D eigenvalue weighted by atomic mass is 10.2. The first kappa shape index (κ1) is 12.3. The first-order valence-corrected chi connectivity index (χ1v) is 5.84. The maximum absolute atomic E-state index is 13.5. The molecule has 0 aliphatic carbocycles. The highest BCUT2D eigenvalue weighted by Crippen LogP contribution is 2.15. The molecule has 2 aromatic carbocycles. The maximum atomic E-state index is 13.5. The largest absolute Gasteiger partial charge is 0.324 e. The van der Waals surface area contributed by atoms with E-state index in [9.17, 15) is 13.6 Å². The number of aromatic nitrogens is 2. The number of fused-ring (bicyclic) bond motifs is 1. The zero-order valence-corrected chi connectivity index (χ0v) is 10.2. The predicted molar refractivity (Wildman–Crippen MR) is 70.4 cm³/mol. The Balaban J connectivity index is 1.88. The van der Waals surface area contributed by atoms with Crippen LogP contribution in [-0.2, 0) is 0 Å². The summed E-state index contributed by atoms with van der Waals surface area (Å²) < 4.78 is 26.3. The number of amides is 1. The molecule has 0 radical (unpaired) electrons. The van der Waals surface area contributed by atoms with E-state index in [1.54, 1.807) is 12.1 Å². The summed E-state index contributed by atoms with van der Waals surface area (Å²) in [6.45, 7) is 0. The van der Waals surface area contributed by atoms with Crippen LogP contribution >= 0.6 is 0 Å². The van der Waals surface area contributed by atoms with Gasteiger partial charge in [-0.2, -0.15) is 0 Å². The lowest BCUT2D eigenvalue weighted by Crippen LogP contribution is -2.14. The number of H-pyrrole nitrogens is 1. The van der Waals surface area contributed by atoms with Gasteiger partial charge in [0, 0.05) is 6.07 Å². The van der Waals surface area contributed by atoms with Crippen molar-refractivity contribution in [2.75, 3.05) is 5.32 Å². The summed E-state index contributed by atoms with van der Waals surface area (Å²) in [4.78, 5) is 18.9. The molecule has 3 aromatic rings. The molecule has 0 fully saturated rings. The second-order valence-electron chi connectivity index (χ2n) is 4.18. The fourth-order valence-electron chi connectivity index (χ4n) is 1.86. The van der Waals surface area contributed by atoms with E-state index in [4.69, 9.17) is 0 Å². The molecule has 100 valence electrons. The van der Waals surface area contributed by atoms with Crippen LogP contribution in [-0.4, -0.2) is 15.9 Å². The normalized spacial score (nSPS) is 10.7. The molecule has 0 atom stereocenters. The van der Waals surface area contributed by atoms with E-state index >= 15 is 0 Å². The van der Waals surface area contributed by atoms with Gasteiger partial charge < -0.3 is 4.98 Å². The Bertz CT molecular complexity index is 765. The summed E-state index contributed by atoms with van der Waals surface area (Å²) in [5.41, 5.74) is 1.19. The molecule has 1 heterocycles. The van der Waals surface area contributed by atoms with E-state index in [1.165, 1.54) is 0 Å². The highest BCUT2D eigenvalue weighted by atomic mass is 19.1. The Morgan fingerprint density at radius 2 is 1.95 bits per heavy atom. The minimum atomic E-state index is -0.918. The number of para-hydroxylation sites is 2. The van der Waals surface area contributed by atoms with Crippen LogP contribution in [0.25, 0.3) is 11.0 Å². The van der Waals surface area contributed by atoms with Gasteiger partial charge in [0.2, 0.25) is 5.95 Å². The van der Waals surface area contributed by atoms with Crippen LogP contribution in [0.2, 0.25) is 0 Å². The van der Waals surface area contributed by atoms with Crippen molar-refractivity contribution >= 4 is 22.9 Å². The van der Waals surface area contributed by atoms with Gasteiger partial charge in [0.05, 0.1) is 16.6 Å². The number of hydrogen-bond acceptors (Lipinski definition) is 2. The van der Waals surface area contributed by atoms with Crippen LogP contribution in [0.4, 0.5) is 14.7 Å². The number of nitrogens with one attached hydrogen (secondary N) is 2. The molecule has 2 N–H and O–H groups in total. The van der Waals surface area contributed by atoms with Crippen molar-refractivity contribution in [1.29, 1.82) is 0 Å². The van der Waals surface area contributed by atoms with E-state index < -0.39 is 17.5 Å². The standard InChI is InChI=1S/C14H9F2N3O/c15-8-5-6-9(10(16)7-8)13(20)19-14-17-11-3-1-2-4-12(11)18-14/h1-7H,(H2,17,18,19,20). The van der Waals surface area contributed by atoms with Gasteiger partial charge >= 0.3 is 0 Å². The Hall–Kier alpha value is -2.76. The first-order chi connectivity index (χ1) is 9.63. The SMILES string of the molecule is O=C(Nc1nc2ccccc2[nH]1)c1ccc(F)cc1F. The van der Waals surface area contributed by atoms with Gasteiger partial charge in [-0.1, -0.05) is 12.1 Å². The average molecular weight is 273 g/mol. The predicted octanol–water partition coefficient (Wildman–Crippen LogP) is 3.09. The second kappa shape index (κ2) is 4.73. The number of anilines is 1. The molecule has 0 spiro atoms. The summed E-state index contributed by atoms with van der Waals surface area (Å²) in [6.07, 6.45) is 0. The van der Waals surface area contributed by atoms with Crippen LogP contribution in [0.5, 0.6) is 0 Å². The minimum absolute atomic E-state index is 0.208. The zero-order valence-electron chi connectivity index (χ0n) is 10.2. The van der Waals surface area contributed by atoms with Crippen LogP contribution in [0.1, 0.15) is 10.4 Å². The quantitative estimate of drug-likeness (QED) is 0.753. The molecule has 4 nitrogen and oxygen atoms in total. The van der Waals surface area contributed by atoms with Crippen LogP contribution < -0.4 is 5.32 Å². The fourth-order valence-corrected chi connectivity index (χ4v) is 1.86. The number of rotatable bonds is 2. The Kier molecular flexibility index (Phi) is 2.90.